The van der Waals surface area contributed by atoms with Crippen LogP contribution in [0.25, 0.3) is 0 Å². The first-order valence-electron chi connectivity index (χ1n) is 5.70. The van der Waals surface area contributed by atoms with Crippen LogP contribution in [0.5, 0.6) is 5.75 Å². The van der Waals surface area contributed by atoms with Crippen LogP contribution in [0.15, 0.2) is 16.6 Å². The van der Waals surface area contributed by atoms with Crippen LogP contribution in [0.3, 0.4) is 0 Å². The van der Waals surface area contributed by atoms with Crippen LogP contribution in [0.2, 0.25) is 0 Å². The Hall–Kier alpha value is -1.44. The maximum absolute atomic E-state index is 11.4. The molecule has 0 aliphatic carbocycles. The molecule has 1 aromatic rings. The van der Waals surface area contributed by atoms with Crippen molar-refractivity contribution in [2.75, 3.05) is 34.2 Å². The number of halogens is 1. The predicted molar refractivity (Wildman–Crippen MR) is 74.2 cm³/mol. The van der Waals surface area contributed by atoms with Gasteiger partial charge in [0.1, 0.15) is 5.75 Å². The second-order valence-corrected chi connectivity index (χ2v) is 4.50. The molecule has 20 heavy (non-hydrogen) atoms. The molecule has 0 radical (unpaired) electrons. The van der Waals surface area contributed by atoms with E-state index in [4.69, 9.17) is 14.2 Å². The Bertz CT molecular complexity index is 474. The molecule has 0 aromatic heterocycles. The molecule has 0 fully saturated rings. The van der Waals surface area contributed by atoms with Crippen molar-refractivity contribution in [3.63, 3.8) is 0 Å². The molecule has 1 rings (SSSR count). The number of esters is 1. The molecule has 0 N–H and O–H groups in total. The van der Waals surface area contributed by atoms with Crippen LogP contribution in [-0.2, 0) is 14.2 Å². The van der Waals surface area contributed by atoms with Crippen molar-refractivity contribution < 1.29 is 28.5 Å². The van der Waals surface area contributed by atoms with Gasteiger partial charge in [-0.1, -0.05) is 0 Å². The van der Waals surface area contributed by atoms with Crippen molar-refractivity contribution in [1.29, 1.82) is 0 Å². The number of carbonyl (C=O) groups excluding carboxylic acids is 2. The number of benzene rings is 1. The molecule has 0 unspecified atom stereocenters. The van der Waals surface area contributed by atoms with E-state index in [0.29, 0.717) is 29.7 Å². The summed E-state index contributed by atoms with van der Waals surface area (Å²) in [5.74, 6) is -0.221. The van der Waals surface area contributed by atoms with Crippen molar-refractivity contribution in [3.05, 3.63) is 27.7 Å². The summed E-state index contributed by atoms with van der Waals surface area (Å²) in [4.78, 5) is 22.5. The second-order valence-electron chi connectivity index (χ2n) is 3.65. The highest BCUT2D eigenvalue weighted by molar-refractivity contribution is 9.10. The number of hydrogen-bond acceptors (Lipinski definition) is 6. The van der Waals surface area contributed by atoms with Crippen molar-refractivity contribution in [3.8, 4) is 5.75 Å². The van der Waals surface area contributed by atoms with Gasteiger partial charge in [-0.05, 0) is 28.1 Å². The van der Waals surface area contributed by atoms with Gasteiger partial charge in [0.2, 0.25) is 0 Å². The van der Waals surface area contributed by atoms with E-state index in [1.54, 1.807) is 7.11 Å². The van der Waals surface area contributed by atoms with E-state index in [2.05, 4.69) is 20.7 Å². The topological polar surface area (TPSA) is 71.1 Å². The molecule has 0 heterocycles. The Morgan fingerprint density at radius 3 is 2.65 bits per heavy atom. The lowest BCUT2D eigenvalue weighted by atomic mass is 10.1. The minimum atomic E-state index is -0.531. The lowest BCUT2D eigenvalue weighted by Crippen LogP contribution is -2.10. The van der Waals surface area contributed by atoms with Crippen LogP contribution >= 0.6 is 15.9 Å². The Morgan fingerprint density at radius 2 is 2.05 bits per heavy atom. The Balaban J connectivity index is 2.80. The van der Waals surface area contributed by atoms with Gasteiger partial charge in [0.25, 0.3) is 0 Å². The van der Waals surface area contributed by atoms with Crippen LogP contribution in [0, 0.1) is 0 Å². The van der Waals surface area contributed by atoms with Crippen LogP contribution in [0.4, 0.5) is 0 Å². The molecule has 0 saturated carbocycles. The van der Waals surface area contributed by atoms with Gasteiger partial charge in [0, 0.05) is 7.11 Å². The fourth-order valence-corrected chi connectivity index (χ4v) is 1.98. The third-order valence-corrected chi connectivity index (χ3v) is 2.93. The standard InChI is InChI=1S/C13H15BrO6/c1-17-3-4-19-8-20-12-10(7-15)5-9(6-11(12)14)13(16)18-2/h5-7H,3-4,8H2,1-2H3. The third kappa shape index (κ3) is 4.59. The van der Waals surface area contributed by atoms with E-state index in [-0.39, 0.29) is 17.9 Å². The monoisotopic (exact) mass is 346 g/mol. The third-order valence-electron chi connectivity index (χ3n) is 2.34. The van der Waals surface area contributed by atoms with Crippen LogP contribution in [0.1, 0.15) is 20.7 Å². The molecule has 7 heteroatoms. The first kappa shape index (κ1) is 16.6. The fourth-order valence-electron chi connectivity index (χ4n) is 1.39. The van der Waals surface area contributed by atoms with Crippen molar-refractivity contribution in [2.45, 2.75) is 0 Å². The first-order valence-corrected chi connectivity index (χ1v) is 6.49. The molecule has 0 aliphatic rings. The lowest BCUT2D eigenvalue weighted by molar-refractivity contribution is -0.00900. The number of aldehydes is 1. The summed E-state index contributed by atoms with van der Waals surface area (Å²) in [5.41, 5.74) is 0.490. The zero-order valence-electron chi connectivity index (χ0n) is 11.2. The summed E-state index contributed by atoms with van der Waals surface area (Å²) >= 11 is 3.25. The molecule has 0 aliphatic heterocycles. The number of methoxy groups -OCH3 is 2. The van der Waals surface area contributed by atoms with E-state index in [9.17, 15) is 9.59 Å². The molecule has 0 spiro atoms. The van der Waals surface area contributed by atoms with Gasteiger partial charge < -0.3 is 18.9 Å². The van der Waals surface area contributed by atoms with Crippen molar-refractivity contribution >= 4 is 28.2 Å². The van der Waals surface area contributed by atoms with Gasteiger partial charge in [0.05, 0.1) is 35.9 Å². The zero-order valence-corrected chi connectivity index (χ0v) is 12.8. The zero-order chi connectivity index (χ0) is 15.0. The summed E-state index contributed by atoms with van der Waals surface area (Å²) in [6, 6.07) is 2.91. The van der Waals surface area contributed by atoms with Crippen LogP contribution in [-0.4, -0.2) is 46.5 Å². The molecule has 0 saturated heterocycles. The Morgan fingerprint density at radius 1 is 1.30 bits per heavy atom. The number of hydrogen-bond donors (Lipinski definition) is 0. The Kier molecular flexibility index (Phi) is 7.21. The highest BCUT2D eigenvalue weighted by Gasteiger charge is 2.15. The van der Waals surface area contributed by atoms with Gasteiger partial charge in [-0.3, -0.25) is 4.79 Å². The molecule has 1 aromatic carbocycles. The number of rotatable bonds is 8. The van der Waals surface area contributed by atoms with Gasteiger partial charge in [-0.15, -0.1) is 0 Å². The lowest BCUT2D eigenvalue weighted by Gasteiger charge is -2.12. The summed E-state index contributed by atoms with van der Waals surface area (Å²) in [7, 11) is 2.84. The minimum absolute atomic E-state index is 0.0274. The van der Waals surface area contributed by atoms with E-state index in [1.165, 1.54) is 19.2 Å². The fraction of sp³-hybridized carbons (Fsp3) is 0.385. The molecule has 6 nitrogen and oxygen atoms in total. The van der Waals surface area contributed by atoms with E-state index in [1.807, 2.05) is 0 Å². The highest BCUT2D eigenvalue weighted by atomic mass is 79.9. The van der Waals surface area contributed by atoms with Gasteiger partial charge in [0.15, 0.2) is 13.1 Å². The average molecular weight is 347 g/mol. The smallest absolute Gasteiger partial charge is 0.337 e. The summed E-state index contributed by atoms with van der Waals surface area (Å²) < 4.78 is 20.4. The molecule has 0 atom stereocenters. The number of carbonyl (C=O) groups is 2. The van der Waals surface area contributed by atoms with Crippen molar-refractivity contribution in [2.24, 2.45) is 0 Å². The molecular formula is C13H15BrO6. The van der Waals surface area contributed by atoms with E-state index < -0.39 is 5.97 Å². The summed E-state index contributed by atoms with van der Waals surface area (Å²) in [6.45, 7) is 0.803. The second kappa shape index (κ2) is 8.68. The SMILES string of the molecule is COCCOCOc1c(Br)cc(C(=O)OC)cc1C=O. The number of ether oxygens (including phenoxy) is 4. The Labute approximate surface area is 125 Å². The van der Waals surface area contributed by atoms with Gasteiger partial charge in [-0.25, -0.2) is 4.79 Å². The van der Waals surface area contributed by atoms with Gasteiger partial charge >= 0.3 is 5.97 Å². The van der Waals surface area contributed by atoms with E-state index in [0.717, 1.165) is 0 Å². The highest BCUT2D eigenvalue weighted by Crippen LogP contribution is 2.30. The largest absolute Gasteiger partial charge is 0.466 e. The van der Waals surface area contributed by atoms with E-state index >= 15 is 0 Å². The molecule has 0 bridgehead atoms. The maximum Gasteiger partial charge on any atom is 0.337 e. The summed E-state index contributed by atoms with van der Waals surface area (Å²) in [5, 5.41) is 0. The van der Waals surface area contributed by atoms with Gasteiger partial charge in [-0.2, -0.15) is 0 Å². The predicted octanol–water partition coefficient (Wildman–Crippen LogP) is 2.05. The molecule has 0 amide bonds. The minimum Gasteiger partial charge on any atom is -0.466 e. The normalized spacial score (nSPS) is 10.2. The molecule has 110 valence electrons. The molecular weight excluding hydrogens is 332 g/mol. The maximum atomic E-state index is 11.4. The van der Waals surface area contributed by atoms with Crippen LogP contribution < -0.4 is 4.74 Å². The average Bonchev–Trinajstić information content (AvgIpc) is 2.46. The van der Waals surface area contributed by atoms with Crippen molar-refractivity contribution in [1.82, 2.24) is 0 Å². The quantitative estimate of drug-likeness (QED) is 0.310. The first-order chi connectivity index (χ1) is 9.63. The summed E-state index contributed by atoms with van der Waals surface area (Å²) in [6.07, 6.45) is 0.599.